The Morgan fingerprint density at radius 3 is 2.21 bits per heavy atom. The number of aliphatic imine (C=N–C) groups is 1. The fraction of sp³-hybridized carbons (Fsp3) is 0.207. The third-order valence-corrected chi connectivity index (χ3v) is 5.88. The predicted molar refractivity (Wildman–Crippen MR) is 148 cm³/mol. The zero-order chi connectivity index (χ0) is 27.9. The molecule has 0 spiro atoms. The molecule has 3 aromatic carbocycles. The summed E-state index contributed by atoms with van der Waals surface area (Å²) in [5.74, 6) is 0.470. The third kappa shape index (κ3) is 6.71. The Morgan fingerprint density at radius 2 is 1.51 bits per heavy atom. The normalized spacial score (nSPS) is 13.6. The van der Waals surface area contributed by atoms with E-state index in [9.17, 15) is 9.59 Å². The summed E-state index contributed by atoms with van der Waals surface area (Å²) in [5.41, 5.74) is 1.40. The molecule has 0 aromatic heterocycles. The minimum atomic E-state index is -0.667. The first-order chi connectivity index (χ1) is 18.8. The van der Waals surface area contributed by atoms with Gasteiger partial charge in [0.15, 0.2) is 28.7 Å². The molecule has 4 rings (SSSR count). The summed E-state index contributed by atoms with van der Waals surface area (Å²) in [6.07, 6.45) is 1.55. The van der Waals surface area contributed by atoms with Gasteiger partial charge in [-0.15, -0.1) is 0 Å². The maximum absolute atomic E-state index is 12.7. The molecule has 0 atom stereocenters. The number of esters is 2. The molecule has 1 aliphatic rings. The molecule has 0 aliphatic carbocycles. The van der Waals surface area contributed by atoms with Crippen LogP contribution in [0, 0.1) is 0 Å². The van der Waals surface area contributed by atoms with Crippen LogP contribution < -0.4 is 18.9 Å². The van der Waals surface area contributed by atoms with Gasteiger partial charge in [-0.25, -0.2) is 14.6 Å². The van der Waals surface area contributed by atoms with Gasteiger partial charge in [0.25, 0.3) is 0 Å². The highest BCUT2D eigenvalue weighted by Crippen LogP contribution is 2.33. The number of ether oxygens (including phenoxy) is 5. The Balaban J connectivity index is 1.59. The van der Waals surface area contributed by atoms with Crippen LogP contribution >= 0.6 is 23.2 Å². The van der Waals surface area contributed by atoms with E-state index in [-0.39, 0.29) is 27.9 Å². The summed E-state index contributed by atoms with van der Waals surface area (Å²) in [6.45, 7) is 6.79. The van der Waals surface area contributed by atoms with Crippen molar-refractivity contribution in [2.45, 2.75) is 20.8 Å². The molecule has 0 radical (unpaired) electrons. The van der Waals surface area contributed by atoms with Gasteiger partial charge in [-0.3, -0.25) is 0 Å². The summed E-state index contributed by atoms with van der Waals surface area (Å²) >= 11 is 12.0. The number of benzene rings is 3. The number of cyclic esters (lactones) is 1. The van der Waals surface area contributed by atoms with E-state index in [1.165, 1.54) is 12.1 Å². The summed E-state index contributed by atoms with van der Waals surface area (Å²) in [4.78, 5) is 29.7. The number of carbonyl (C=O) groups excluding carboxylic acids is 2. The minimum absolute atomic E-state index is 0.0944. The monoisotopic (exact) mass is 569 g/mol. The standard InChI is InChI=1S/C29H25Cl2NO7/c1-4-35-23-12-8-18(15-26(23)37-6-3)27-32-22(29(34)39-27)13-17-7-11-24(25(14-17)36-5-2)38-28(33)20-10-9-19(30)16-21(20)31/h7-16H,4-6H2,1-3H3/b22-13-. The van der Waals surface area contributed by atoms with Crippen molar-refractivity contribution < 1.29 is 33.3 Å². The van der Waals surface area contributed by atoms with E-state index >= 15 is 0 Å². The van der Waals surface area contributed by atoms with Crippen LogP contribution in [0.5, 0.6) is 23.0 Å². The molecule has 0 saturated heterocycles. The zero-order valence-electron chi connectivity index (χ0n) is 21.5. The second kappa shape index (κ2) is 12.7. The highest BCUT2D eigenvalue weighted by molar-refractivity contribution is 6.36. The smallest absolute Gasteiger partial charge is 0.363 e. The minimum Gasteiger partial charge on any atom is -0.490 e. The fourth-order valence-electron chi connectivity index (χ4n) is 3.65. The zero-order valence-corrected chi connectivity index (χ0v) is 23.0. The molecule has 1 aliphatic heterocycles. The van der Waals surface area contributed by atoms with E-state index in [0.29, 0.717) is 53.2 Å². The molecule has 0 bridgehead atoms. The number of hydrogen-bond donors (Lipinski definition) is 0. The van der Waals surface area contributed by atoms with Crippen LogP contribution in [-0.4, -0.2) is 37.7 Å². The van der Waals surface area contributed by atoms with E-state index in [1.54, 1.807) is 55.5 Å². The summed E-state index contributed by atoms with van der Waals surface area (Å²) in [6, 6.07) is 14.5. The molecule has 0 saturated carbocycles. The largest absolute Gasteiger partial charge is 0.490 e. The molecule has 0 amide bonds. The van der Waals surface area contributed by atoms with Gasteiger partial charge >= 0.3 is 11.9 Å². The van der Waals surface area contributed by atoms with Crippen LogP contribution in [0.3, 0.4) is 0 Å². The van der Waals surface area contributed by atoms with Gasteiger partial charge < -0.3 is 23.7 Å². The van der Waals surface area contributed by atoms with Crippen molar-refractivity contribution in [1.82, 2.24) is 0 Å². The van der Waals surface area contributed by atoms with Crippen LogP contribution in [0.1, 0.15) is 42.3 Å². The van der Waals surface area contributed by atoms with Crippen molar-refractivity contribution in [3.8, 4) is 23.0 Å². The van der Waals surface area contributed by atoms with Gasteiger partial charge in [0.1, 0.15) is 0 Å². The first kappa shape index (κ1) is 28.0. The molecule has 8 nitrogen and oxygen atoms in total. The van der Waals surface area contributed by atoms with Gasteiger partial charge in [0, 0.05) is 10.6 Å². The molecule has 3 aromatic rings. The molecule has 10 heteroatoms. The first-order valence-electron chi connectivity index (χ1n) is 12.2. The van der Waals surface area contributed by atoms with Crippen molar-refractivity contribution in [1.29, 1.82) is 0 Å². The van der Waals surface area contributed by atoms with Gasteiger partial charge in [0.05, 0.1) is 30.4 Å². The van der Waals surface area contributed by atoms with Crippen LogP contribution in [0.25, 0.3) is 6.08 Å². The first-order valence-corrected chi connectivity index (χ1v) is 12.9. The van der Waals surface area contributed by atoms with Crippen LogP contribution in [0.4, 0.5) is 0 Å². The molecule has 1 heterocycles. The van der Waals surface area contributed by atoms with Gasteiger partial charge in [0.2, 0.25) is 5.90 Å². The highest BCUT2D eigenvalue weighted by atomic mass is 35.5. The molecule has 0 N–H and O–H groups in total. The second-order valence-electron chi connectivity index (χ2n) is 8.02. The van der Waals surface area contributed by atoms with Gasteiger partial charge in [-0.1, -0.05) is 29.3 Å². The number of nitrogens with zero attached hydrogens (tertiary/aromatic N) is 1. The van der Waals surface area contributed by atoms with Crippen molar-refractivity contribution in [3.63, 3.8) is 0 Å². The molecule has 39 heavy (non-hydrogen) atoms. The number of carbonyl (C=O) groups is 2. The topological polar surface area (TPSA) is 92.7 Å². The van der Waals surface area contributed by atoms with E-state index in [2.05, 4.69) is 4.99 Å². The number of hydrogen-bond acceptors (Lipinski definition) is 8. The second-order valence-corrected chi connectivity index (χ2v) is 8.86. The van der Waals surface area contributed by atoms with E-state index in [4.69, 9.17) is 46.9 Å². The lowest BCUT2D eigenvalue weighted by Gasteiger charge is -2.12. The van der Waals surface area contributed by atoms with E-state index in [1.807, 2.05) is 13.8 Å². The number of rotatable bonds is 10. The lowest BCUT2D eigenvalue weighted by atomic mass is 10.1. The quantitative estimate of drug-likeness (QED) is 0.151. The van der Waals surface area contributed by atoms with Crippen molar-refractivity contribution >= 4 is 47.1 Å². The lowest BCUT2D eigenvalue weighted by molar-refractivity contribution is -0.129. The predicted octanol–water partition coefficient (Wildman–Crippen LogP) is 6.75. The Bertz CT molecular complexity index is 1470. The summed E-state index contributed by atoms with van der Waals surface area (Å²) in [7, 11) is 0. The number of halogens is 2. The molecular formula is C29H25Cl2NO7. The Hall–Kier alpha value is -4.01. The van der Waals surface area contributed by atoms with Gasteiger partial charge in [-0.2, -0.15) is 0 Å². The average molecular weight is 570 g/mol. The fourth-order valence-corrected chi connectivity index (χ4v) is 4.14. The maximum atomic E-state index is 12.7. The maximum Gasteiger partial charge on any atom is 0.363 e. The van der Waals surface area contributed by atoms with E-state index < -0.39 is 11.9 Å². The molecule has 202 valence electrons. The van der Waals surface area contributed by atoms with Crippen LogP contribution in [0.15, 0.2) is 65.3 Å². The SMILES string of the molecule is CCOc1ccc(C2=N/C(=C\c3ccc(OC(=O)c4ccc(Cl)cc4Cl)c(OCC)c3)C(=O)O2)cc1OCC. The van der Waals surface area contributed by atoms with Crippen molar-refractivity contribution in [2.24, 2.45) is 4.99 Å². The average Bonchev–Trinajstić information content (AvgIpc) is 3.26. The van der Waals surface area contributed by atoms with E-state index in [0.717, 1.165) is 0 Å². The van der Waals surface area contributed by atoms with Crippen molar-refractivity contribution in [2.75, 3.05) is 19.8 Å². The highest BCUT2D eigenvalue weighted by Gasteiger charge is 2.25. The summed E-state index contributed by atoms with van der Waals surface area (Å²) < 4.78 is 27.9. The molecule has 0 fully saturated rings. The van der Waals surface area contributed by atoms with Crippen LogP contribution in [0.2, 0.25) is 10.0 Å². The molecule has 0 unspecified atom stereocenters. The Kier molecular flexibility index (Phi) is 9.11. The Labute approximate surface area is 235 Å². The Morgan fingerprint density at radius 1 is 0.846 bits per heavy atom. The van der Waals surface area contributed by atoms with Crippen molar-refractivity contribution in [3.05, 3.63) is 87.0 Å². The molecular weight excluding hydrogens is 545 g/mol. The van der Waals surface area contributed by atoms with Gasteiger partial charge in [-0.05, 0) is 80.9 Å². The lowest BCUT2D eigenvalue weighted by Crippen LogP contribution is -2.10. The third-order valence-electron chi connectivity index (χ3n) is 5.34. The summed E-state index contributed by atoms with van der Waals surface area (Å²) in [5, 5.41) is 0.568. The van der Waals surface area contributed by atoms with Crippen LogP contribution in [-0.2, 0) is 9.53 Å².